The lowest BCUT2D eigenvalue weighted by Gasteiger charge is -2.08. The van der Waals surface area contributed by atoms with Crippen LogP contribution in [0.4, 0.5) is 13.2 Å². The van der Waals surface area contributed by atoms with Gasteiger partial charge in [-0.2, -0.15) is 29.6 Å². The van der Waals surface area contributed by atoms with Gasteiger partial charge in [0.2, 0.25) is 0 Å². The molecule has 2 heterocycles. The van der Waals surface area contributed by atoms with Gasteiger partial charge in [-0.25, -0.2) is 0 Å². The fourth-order valence-corrected chi connectivity index (χ4v) is 2.90. The fraction of sp³-hybridized carbons (Fsp3) is 0.176. The van der Waals surface area contributed by atoms with Gasteiger partial charge in [-0.1, -0.05) is 0 Å². The normalized spacial score (nSPS) is 11.5. The topological polar surface area (TPSA) is 46.9 Å². The highest BCUT2D eigenvalue weighted by atomic mass is 32.1. The Kier molecular flexibility index (Phi) is 4.89. The number of benzene rings is 1. The first-order chi connectivity index (χ1) is 11.9. The number of hydrogen-bond acceptors (Lipinski definition) is 3. The molecule has 0 radical (unpaired) electrons. The largest absolute Gasteiger partial charge is 0.416 e. The number of carbonyl (C=O) groups excluding carboxylic acids is 1. The van der Waals surface area contributed by atoms with Crippen LogP contribution in [-0.2, 0) is 12.7 Å². The Morgan fingerprint density at radius 2 is 1.92 bits per heavy atom. The molecule has 0 bridgehead atoms. The number of aromatic nitrogens is 2. The zero-order valence-electron chi connectivity index (χ0n) is 13.0. The maximum Gasteiger partial charge on any atom is 0.416 e. The summed E-state index contributed by atoms with van der Waals surface area (Å²) in [5.41, 5.74) is 1.31. The summed E-state index contributed by atoms with van der Waals surface area (Å²) in [6.45, 7) is 0.793. The van der Waals surface area contributed by atoms with E-state index in [0.717, 1.165) is 23.4 Å². The lowest BCUT2D eigenvalue weighted by molar-refractivity contribution is -0.137. The molecule has 0 aliphatic carbocycles. The number of nitrogens with zero attached hydrogens (tertiary/aromatic N) is 2. The molecule has 8 heteroatoms. The van der Waals surface area contributed by atoms with Crippen LogP contribution >= 0.6 is 11.3 Å². The first-order valence-corrected chi connectivity index (χ1v) is 8.39. The van der Waals surface area contributed by atoms with Crippen LogP contribution in [-0.4, -0.2) is 22.2 Å². The summed E-state index contributed by atoms with van der Waals surface area (Å²) >= 11 is 1.59. The molecule has 0 saturated heterocycles. The predicted octanol–water partition coefficient (Wildman–Crippen LogP) is 4.06. The van der Waals surface area contributed by atoms with Crippen LogP contribution < -0.4 is 5.32 Å². The van der Waals surface area contributed by atoms with E-state index in [1.807, 2.05) is 29.1 Å². The number of alkyl halides is 3. The Balaban J connectivity index is 1.53. The highest BCUT2D eigenvalue weighted by Gasteiger charge is 2.30. The van der Waals surface area contributed by atoms with Crippen molar-refractivity contribution < 1.29 is 18.0 Å². The smallest absolute Gasteiger partial charge is 0.350 e. The number of carbonyl (C=O) groups is 1. The quantitative estimate of drug-likeness (QED) is 0.741. The summed E-state index contributed by atoms with van der Waals surface area (Å²) in [4.78, 5) is 12.0. The molecule has 0 atom stereocenters. The van der Waals surface area contributed by atoms with Crippen LogP contribution in [0, 0.1) is 0 Å². The third kappa shape index (κ3) is 4.27. The molecule has 1 aromatic carbocycles. The van der Waals surface area contributed by atoms with Crippen LogP contribution in [0.15, 0.2) is 53.4 Å². The predicted molar refractivity (Wildman–Crippen MR) is 89.3 cm³/mol. The van der Waals surface area contributed by atoms with E-state index in [1.165, 1.54) is 12.1 Å². The van der Waals surface area contributed by atoms with E-state index >= 15 is 0 Å². The van der Waals surface area contributed by atoms with Crippen LogP contribution in [0.25, 0.3) is 11.3 Å². The second-order valence-corrected chi connectivity index (χ2v) is 6.09. The van der Waals surface area contributed by atoms with Gasteiger partial charge in [0.05, 0.1) is 17.8 Å². The Bertz CT molecular complexity index is 839. The van der Waals surface area contributed by atoms with Crippen LogP contribution in [0.3, 0.4) is 0 Å². The summed E-state index contributed by atoms with van der Waals surface area (Å²) in [5, 5.41) is 11.0. The van der Waals surface area contributed by atoms with Gasteiger partial charge >= 0.3 is 6.18 Å². The zero-order valence-corrected chi connectivity index (χ0v) is 13.8. The molecule has 0 aliphatic rings. The average Bonchev–Trinajstić information content (AvgIpc) is 3.25. The van der Waals surface area contributed by atoms with Crippen molar-refractivity contribution in [2.24, 2.45) is 0 Å². The van der Waals surface area contributed by atoms with Gasteiger partial charge in [0.1, 0.15) is 0 Å². The molecule has 0 aliphatic heterocycles. The highest BCUT2D eigenvalue weighted by Crippen LogP contribution is 2.29. The molecule has 1 amide bonds. The summed E-state index contributed by atoms with van der Waals surface area (Å²) in [5.74, 6) is -0.418. The molecule has 0 spiro atoms. The SMILES string of the molecule is O=C(NCCn1ccc(-c2ccsc2)n1)c1ccc(C(F)(F)F)cc1. The molecule has 0 fully saturated rings. The minimum absolute atomic E-state index is 0.187. The Morgan fingerprint density at radius 1 is 1.16 bits per heavy atom. The maximum absolute atomic E-state index is 12.5. The molecule has 0 unspecified atom stereocenters. The van der Waals surface area contributed by atoms with Gasteiger partial charge < -0.3 is 5.32 Å². The molecule has 3 aromatic rings. The summed E-state index contributed by atoms with van der Waals surface area (Å²) < 4.78 is 39.2. The lowest BCUT2D eigenvalue weighted by atomic mass is 10.1. The third-order valence-corrected chi connectivity index (χ3v) is 4.24. The van der Waals surface area contributed by atoms with Gasteiger partial charge in [0.15, 0.2) is 0 Å². The molecule has 4 nitrogen and oxygen atoms in total. The van der Waals surface area contributed by atoms with E-state index in [9.17, 15) is 18.0 Å². The average molecular weight is 365 g/mol. The van der Waals surface area contributed by atoms with Crippen molar-refractivity contribution >= 4 is 17.2 Å². The molecule has 25 heavy (non-hydrogen) atoms. The molecule has 1 N–H and O–H groups in total. The van der Waals surface area contributed by atoms with E-state index in [2.05, 4.69) is 10.4 Å². The number of rotatable bonds is 5. The fourth-order valence-electron chi connectivity index (χ4n) is 2.25. The third-order valence-electron chi connectivity index (χ3n) is 3.56. The number of nitrogens with one attached hydrogen (secondary N) is 1. The zero-order chi connectivity index (χ0) is 17.9. The van der Waals surface area contributed by atoms with Crippen molar-refractivity contribution in [1.29, 1.82) is 0 Å². The van der Waals surface area contributed by atoms with Gasteiger partial charge in [0, 0.05) is 29.2 Å². The number of halogens is 3. The molecule has 2 aromatic heterocycles. The standard InChI is InChI=1S/C17H14F3N3OS/c18-17(19,20)14-3-1-12(2-4-14)16(24)21-7-9-23-8-5-15(22-23)13-6-10-25-11-13/h1-6,8,10-11H,7,9H2,(H,21,24). The first kappa shape index (κ1) is 17.2. The van der Waals surface area contributed by atoms with Crippen molar-refractivity contribution in [3.8, 4) is 11.3 Å². The van der Waals surface area contributed by atoms with Crippen LogP contribution in [0.1, 0.15) is 15.9 Å². The number of thiophene rings is 1. The first-order valence-electron chi connectivity index (χ1n) is 7.45. The number of amides is 1. The summed E-state index contributed by atoms with van der Waals surface area (Å²) in [6, 6.07) is 8.00. The van der Waals surface area contributed by atoms with Crippen molar-refractivity contribution in [2.75, 3.05) is 6.54 Å². The Labute approximate surface area is 145 Å². The maximum atomic E-state index is 12.5. The van der Waals surface area contributed by atoms with Crippen molar-refractivity contribution in [3.05, 3.63) is 64.5 Å². The van der Waals surface area contributed by atoms with Crippen molar-refractivity contribution in [1.82, 2.24) is 15.1 Å². The Morgan fingerprint density at radius 3 is 2.56 bits per heavy atom. The molecular weight excluding hydrogens is 351 g/mol. The van der Waals surface area contributed by atoms with E-state index in [0.29, 0.717) is 13.1 Å². The van der Waals surface area contributed by atoms with Gasteiger partial charge in [-0.15, -0.1) is 0 Å². The molecule has 130 valence electrons. The van der Waals surface area contributed by atoms with Gasteiger partial charge in [0.25, 0.3) is 5.91 Å². The lowest BCUT2D eigenvalue weighted by Crippen LogP contribution is -2.27. The highest BCUT2D eigenvalue weighted by molar-refractivity contribution is 7.08. The Hall–Kier alpha value is -2.61. The van der Waals surface area contributed by atoms with Crippen molar-refractivity contribution in [2.45, 2.75) is 12.7 Å². The van der Waals surface area contributed by atoms with Crippen LogP contribution in [0.2, 0.25) is 0 Å². The van der Waals surface area contributed by atoms with E-state index < -0.39 is 17.6 Å². The molecular formula is C17H14F3N3OS. The second kappa shape index (κ2) is 7.10. The monoisotopic (exact) mass is 365 g/mol. The number of hydrogen-bond donors (Lipinski definition) is 1. The molecule has 0 saturated carbocycles. The van der Waals surface area contributed by atoms with Gasteiger partial charge in [-0.05, 0) is 41.8 Å². The minimum Gasteiger partial charge on any atom is -0.350 e. The van der Waals surface area contributed by atoms with E-state index in [4.69, 9.17) is 0 Å². The minimum atomic E-state index is -4.41. The summed E-state index contributed by atoms with van der Waals surface area (Å²) in [7, 11) is 0. The van der Waals surface area contributed by atoms with Crippen LogP contribution in [0.5, 0.6) is 0 Å². The summed E-state index contributed by atoms with van der Waals surface area (Å²) in [6.07, 6.45) is -2.59. The van der Waals surface area contributed by atoms with E-state index in [-0.39, 0.29) is 5.56 Å². The second-order valence-electron chi connectivity index (χ2n) is 5.31. The van der Waals surface area contributed by atoms with E-state index in [1.54, 1.807) is 16.0 Å². The molecule has 3 rings (SSSR count). The van der Waals surface area contributed by atoms with Crippen molar-refractivity contribution in [3.63, 3.8) is 0 Å². The van der Waals surface area contributed by atoms with Gasteiger partial charge in [-0.3, -0.25) is 9.48 Å².